The van der Waals surface area contributed by atoms with E-state index in [-0.39, 0.29) is 18.7 Å². The van der Waals surface area contributed by atoms with E-state index in [0.29, 0.717) is 23.9 Å². The molecular formula is C13H19N3O4S. The Hall–Kier alpha value is -1.67. The maximum atomic E-state index is 11.7. The Morgan fingerprint density at radius 1 is 1.52 bits per heavy atom. The Morgan fingerprint density at radius 3 is 2.86 bits per heavy atom. The van der Waals surface area contributed by atoms with Crippen LogP contribution < -0.4 is 10.6 Å². The molecule has 0 aromatic carbocycles. The van der Waals surface area contributed by atoms with Gasteiger partial charge < -0.3 is 15.2 Å². The number of thiazole rings is 1. The lowest BCUT2D eigenvalue weighted by atomic mass is 10.2. The summed E-state index contributed by atoms with van der Waals surface area (Å²) in [7, 11) is 0. The summed E-state index contributed by atoms with van der Waals surface area (Å²) in [6, 6.07) is -0.359. The lowest BCUT2D eigenvalue weighted by molar-refractivity contribution is -0.149. The molecule has 1 aliphatic rings. The number of aromatic nitrogens is 1. The second-order valence-electron chi connectivity index (χ2n) is 5.23. The van der Waals surface area contributed by atoms with Crippen molar-refractivity contribution in [2.75, 3.05) is 11.9 Å². The highest BCUT2D eigenvalue weighted by atomic mass is 32.1. The molecule has 2 atom stereocenters. The van der Waals surface area contributed by atoms with Crippen LogP contribution in [0.4, 0.5) is 9.93 Å². The molecule has 7 nitrogen and oxygen atoms in total. The van der Waals surface area contributed by atoms with Crippen molar-refractivity contribution in [3.63, 3.8) is 0 Å². The number of aliphatic carboxylic acids is 1. The summed E-state index contributed by atoms with van der Waals surface area (Å²) >= 11 is 1.38. The molecule has 0 spiro atoms. The number of rotatable bonds is 5. The molecule has 2 rings (SSSR count). The number of urea groups is 1. The molecule has 1 aromatic heterocycles. The van der Waals surface area contributed by atoms with Crippen LogP contribution in [0.2, 0.25) is 0 Å². The van der Waals surface area contributed by atoms with Crippen LogP contribution in [0, 0.1) is 0 Å². The Kier molecular flexibility index (Phi) is 5.13. The molecular weight excluding hydrogens is 294 g/mol. The van der Waals surface area contributed by atoms with E-state index in [1.807, 2.05) is 19.2 Å². The average Bonchev–Trinajstić information content (AvgIpc) is 3.05. The van der Waals surface area contributed by atoms with E-state index in [2.05, 4.69) is 15.6 Å². The van der Waals surface area contributed by atoms with E-state index in [9.17, 15) is 9.59 Å². The number of hydrogen-bond acceptors (Lipinski definition) is 5. The van der Waals surface area contributed by atoms with Crippen LogP contribution in [0.3, 0.4) is 0 Å². The number of nitrogens with one attached hydrogen (secondary N) is 2. The monoisotopic (exact) mass is 313 g/mol. The maximum absolute atomic E-state index is 11.7. The molecule has 0 radical (unpaired) electrons. The molecule has 0 aliphatic carbocycles. The summed E-state index contributed by atoms with van der Waals surface area (Å²) < 4.78 is 5.30. The van der Waals surface area contributed by atoms with Crippen molar-refractivity contribution in [2.24, 2.45) is 0 Å². The minimum absolute atomic E-state index is 0.251. The SMILES string of the molecule is CC(C)c1csc(NC(=O)NCC2CCC(C(=O)O)O2)n1. The molecule has 0 bridgehead atoms. The zero-order valence-electron chi connectivity index (χ0n) is 12.0. The van der Waals surface area contributed by atoms with Crippen molar-refractivity contribution in [3.05, 3.63) is 11.1 Å². The van der Waals surface area contributed by atoms with Crippen molar-refractivity contribution < 1.29 is 19.4 Å². The van der Waals surface area contributed by atoms with Crippen LogP contribution in [-0.2, 0) is 9.53 Å². The number of amides is 2. The Bertz CT molecular complexity index is 517. The summed E-state index contributed by atoms with van der Waals surface area (Å²) in [6.07, 6.45) is 0.103. The molecule has 0 saturated carbocycles. The standard InChI is InChI=1S/C13H19N3O4S/c1-7(2)9-6-21-13(15-9)16-12(19)14-5-8-3-4-10(20-8)11(17)18/h6-8,10H,3-5H2,1-2H3,(H,17,18)(H2,14,15,16,19). The third-order valence-corrected chi connectivity index (χ3v) is 3.98. The van der Waals surface area contributed by atoms with E-state index in [1.54, 1.807) is 0 Å². The summed E-state index contributed by atoms with van der Waals surface area (Å²) in [4.78, 5) is 26.8. The molecule has 116 valence electrons. The first-order chi connectivity index (χ1) is 9.95. The first kappa shape index (κ1) is 15.7. The number of carboxylic acids is 1. The van der Waals surface area contributed by atoms with Gasteiger partial charge in [-0.05, 0) is 18.8 Å². The normalized spacial score (nSPS) is 21.5. The number of nitrogens with zero attached hydrogens (tertiary/aromatic N) is 1. The molecule has 3 N–H and O–H groups in total. The second-order valence-corrected chi connectivity index (χ2v) is 6.09. The minimum Gasteiger partial charge on any atom is -0.479 e. The molecule has 2 amide bonds. The van der Waals surface area contributed by atoms with Gasteiger partial charge in [-0.1, -0.05) is 13.8 Å². The Morgan fingerprint density at radius 2 is 2.29 bits per heavy atom. The first-order valence-electron chi connectivity index (χ1n) is 6.84. The van der Waals surface area contributed by atoms with Gasteiger partial charge in [0.05, 0.1) is 11.8 Å². The van der Waals surface area contributed by atoms with Gasteiger partial charge in [-0.3, -0.25) is 5.32 Å². The molecule has 1 fully saturated rings. The van der Waals surface area contributed by atoms with Gasteiger partial charge in [0.25, 0.3) is 0 Å². The smallest absolute Gasteiger partial charge is 0.332 e. The van der Waals surface area contributed by atoms with Gasteiger partial charge in [0.15, 0.2) is 11.2 Å². The van der Waals surface area contributed by atoms with E-state index >= 15 is 0 Å². The Balaban J connectivity index is 1.73. The van der Waals surface area contributed by atoms with Crippen molar-refractivity contribution in [1.82, 2.24) is 10.3 Å². The van der Waals surface area contributed by atoms with Gasteiger partial charge in [0, 0.05) is 11.9 Å². The predicted molar refractivity (Wildman–Crippen MR) is 78.8 cm³/mol. The van der Waals surface area contributed by atoms with E-state index in [0.717, 1.165) is 5.69 Å². The summed E-state index contributed by atoms with van der Waals surface area (Å²) in [5, 5.41) is 16.6. The fourth-order valence-corrected chi connectivity index (χ4v) is 2.86. The molecule has 2 heterocycles. The van der Waals surface area contributed by atoms with Crippen LogP contribution in [-0.4, -0.2) is 40.8 Å². The van der Waals surface area contributed by atoms with Gasteiger partial charge in [-0.2, -0.15) is 0 Å². The van der Waals surface area contributed by atoms with Gasteiger partial charge in [-0.25, -0.2) is 14.6 Å². The van der Waals surface area contributed by atoms with E-state index in [1.165, 1.54) is 11.3 Å². The number of carboxylic acid groups (broad SMARTS) is 1. The van der Waals surface area contributed by atoms with Gasteiger partial charge >= 0.3 is 12.0 Å². The molecule has 21 heavy (non-hydrogen) atoms. The van der Waals surface area contributed by atoms with Crippen LogP contribution in [0.5, 0.6) is 0 Å². The second kappa shape index (κ2) is 6.86. The zero-order valence-corrected chi connectivity index (χ0v) is 12.8. The first-order valence-corrected chi connectivity index (χ1v) is 7.72. The van der Waals surface area contributed by atoms with E-state index < -0.39 is 12.1 Å². The molecule has 1 aromatic rings. The summed E-state index contributed by atoms with van der Waals surface area (Å²) in [5.74, 6) is -0.634. The van der Waals surface area contributed by atoms with Crippen LogP contribution >= 0.6 is 11.3 Å². The maximum Gasteiger partial charge on any atom is 0.332 e. The van der Waals surface area contributed by atoms with Crippen LogP contribution in [0.1, 0.15) is 38.3 Å². The largest absolute Gasteiger partial charge is 0.479 e. The minimum atomic E-state index is -0.953. The number of carbonyl (C=O) groups is 2. The molecule has 1 aliphatic heterocycles. The van der Waals surface area contributed by atoms with Crippen molar-refractivity contribution in [3.8, 4) is 0 Å². The van der Waals surface area contributed by atoms with Gasteiger partial charge in [-0.15, -0.1) is 11.3 Å². The topological polar surface area (TPSA) is 101 Å². The van der Waals surface area contributed by atoms with Crippen molar-refractivity contribution in [1.29, 1.82) is 0 Å². The zero-order chi connectivity index (χ0) is 15.4. The average molecular weight is 313 g/mol. The Labute approximate surface area is 126 Å². The fraction of sp³-hybridized carbons (Fsp3) is 0.615. The number of carbonyl (C=O) groups excluding carboxylic acids is 1. The molecule has 8 heteroatoms. The highest BCUT2D eigenvalue weighted by Crippen LogP contribution is 2.21. The van der Waals surface area contributed by atoms with Gasteiger partial charge in [0.1, 0.15) is 0 Å². The van der Waals surface area contributed by atoms with Crippen molar-refractivity contribution in [2.45, 2.75) is 44.8 Å². The van der Waals surface area contributed by atoms with Crippen molar-refractivity contribution >= 4 is 28.5 Å². The van der Waals surface area contributed by atoms with Crippen LogP contribution in [0.15, 0.2) is 5.38 Å². The third-order valence-electron chi connectivity index (χ3n) is 3.21. The molecule has 1 saturated heterocycles. The lowest BCUT2D eigenvalue weighted by Gasteiger charge is -2.12. The lowest BCUT2D eigenvalue weighted by Crippen LogP contribution is -2.35. The number of anilines is 1. The summed E-state index contributed by atoms with van der Waals surface area (Å²) in [6.45, 7) is 4.36. The van der Waals surface area contributed by atoms with Crippen LogP contribution in [0.25, 0.3) is 0 Å². The fourth-order valence-electron chi connectivity index (χ4n) is 1.99. The number of hydrogen-bond donors (Lipinski definition) is 3. The highest BCUT2D eigenvalue weighted by Gasteiger charge is 2.30. The predicted octanol–water partition coefficient (Wildman–Crippen LogP) is 2.02. The summed E-state index contributed by atoms with van der Waals surface area (Å²) in [5.41, 5.74) is 0.943. The highest BCUT2D eigenvalue weighted by molar-refractivity contribution is 7.13. The quantitative estimate of drug-likeness (QED) is 0.772. The van der Waals surface area contributed by atoms with Gasteiger partial charge in [0.2, 0.25) is 0 Å². The third kappa shape index (κ3) is 4.40. The van der Waals surface area contributed by atoms with E-state index in [4.69, 9.17) is 9.84 Å². The molecule has 2 unspecified atom stereocenters. The number of ether oxygens (including phenoxy) is 1.